The molecule has 0 atom stereocenters. The largest absolute Gasteiger partial charge is 0.412 e. The third kappa shape index (κ3) is 3.22. The number of halogens is 3. The highest BCUT2D eigenvalue weighted by Crippen LogP contribution is 2.31. The summed E-state index contributed by atoms with van der Waals surface area (Å²) in [5.41, 5.74) is -0.654. The molecule has 1 aliphatic rings. The second-order valence-electron chi connectivity index (χ2n) is 4.33. The molecule has 1 aliphatic heterocycles. The van der Waals surface area contributed by atoms with Crippen molar-refractivity contribution >= 4 is 10.0 Å². The molecule has 0 aliphatic carbocycles. The van der Waals surface area contributed by atoms with Crippen molar-refractivity contribution in [3.63, 3.8) is 0 Å². The minimum Gasteiger partial charge on any atom is -0.244 e. The Labute approximate surface area is 119 Å². The Balaban J connectivity index is 2.22. The molecule has 1 aromatic heterocycles. The lowest BCUT2D eigenvalue weighted by Crippen LogP contribution is -2.36. The number of sulfonamides is 1. The van der Waals surface area contributed by atoms with Crippen molar-refractivity contribution < 1.29 is 21.6 Å². The van der Waals surface area contributed by atoms with E-state index in [1.54, 1.807) is 6.07 Å². The maximum atomic E-state index is 12.5. The van der Waals surface area contributed by atoms with Crippen LogP contribution in [0, 0.1) is 11.3 Å². The smallest absolute Gasteiger partial charge is 0.244 e. The third-order valence-electron chi connectivity index (χ3n) is 3.02. The number of rotatable bonds is 2. The average Bonchev–Trinajstić information content (AvgIpc) is 2.46. The summed E-state index contributed by atoms with van der Waals surface area (Å²) >= 11 is 0. The van der Waals surface area contributed by atoms with E-state index in [2.05, 4.69) is 4.98 Å². The van der Waals surface area contributed by atoms with Gasteiger partial charge in [0.25, 0.3) is 0 Å². The van der Waals surface area contributed by atoms with Crippen LogP contribution in [0.4, 0.5) is 13.2 Å². The minimum absolute atomic E-state index is 0.0619. The molecule has 1 aromatic rings. The second-order valence-corrected chi connectivity index (χ2v) is 6.27. The number of hydrogen-bond acceptors (Lipinski definition) is 4. The van der Waals surface area contributed by atoms with E-state index in [0.717, 1.165) is 16.6 Å². The van der Waals surface area contributed by atoms with E-state index in [9.17, 15) is 21.6 Å². The Bertz CT molecular complexity index is 703. The summed E-state index contributed by atoms with van der Waals surface area (Å²) < 4.78 is 62.9. The molecule has 0 aromatic carbocycles. The Morgan fingerprint density at radius 2 is 2.05 bits per heavy atom. The van der Waals surface area contributed by atoms with Crippen LogP contribution in [0.5, 0.6) is 0 Å². The van der Waals surface area contributed by atoms with E-state index in [1.165, 1.54) is 12.1 Å². The zero-order valence-corrected chi connectivity index (χ0v) is 11.4. The summed E-state index contributed by atoms with van der Waals surface area (Å²) in [5.74, 6) is 0. The summed E-state index contributed by atoms with van der Waals surface area (Å²) in [6, 6.07) is 4.21. The van der Waals surface area contributed by atoms with Gasteiger partial charge in [-0.05, 0) is 18.6 Å². The van der Waals surface area contributed by atoms with E-state index in [0.29, 0.717) is 0 Å². The van der Waals surface area contributed by atoms with Gasteiger partial charge in [0.1, 0.15) is 16.7 Å². The van der Waals surface area contributed by atoms with Crippen molar-refractivity contribution in [3.8, 4) is 6.07 Å². The molecular weight excluding hydrogens is 307 g/mol. The van der Waals surface area contributed by atoms with E-state index in [4.69, 9.17) is 5.26 Å². The van der Waals surface area contributed by atoms with Gasteiger partial charge in [-0.3, -0.25) is 0 Å². The van der Waals surface area contributed by atoms with Crippen LogP contribution in [0.25, 0.3) is 0 Å². The fraction of sp³-hybridized carbons (Fsp3) is 0.333. The quantitative estimate of drug-likeness (QED) is 0.780. The molecule has 0 radical (unpaired) electrons. The first kappa shape index (κ1) is 15.5. The van der Waals surface area contributed by atoms with Crippen LogP contribution in [-0.2, 0) is 10.0 Å². The van der Waals surface area contributed by atoms with Crippen LogP contribution in [0.15, 0.2) is 34.9 Å². The van der Waals surface area contributed by atoms with Crippen molar-refractivity contribution in [2.24, 2.45) is 0 Å². The van der Waals surface area contributed by atoms with Crippen molar-refractivity contribution in [2.75, 3.05) is 13.1 Å². The molecular formula is C12H10F3N3O2S. The van der Waals surface area contributed by atoms with Gasteiger partial charge in [0.15, 0.2) is 0 Å². The van der Waals surface area contributed by atoms with Gasteiger partial charge in [0, 0.05) is 24.9 Å². The third-order valence-corrected chi connectivity index (χ3v) is 4.87. The topological polar surface area (TPSA) is 74.1 Å². The van der Waals surface area contributed by atoms with E-state index < -0.39 is 21.8 Å². The SMILES string of the molecule is N#Cc1ccc(S(=O)(=O)N2CC=C(C(F)(F)F)CC2)cn1. The molecule has 5 nitrogen and oxygen atoms in total. The normalized spacial score (nSPS) is 17.1. The van der Waals surface area contributed by atoms with Crippen molar-refractivity contribution in [3.05, 3.63) is 35.7 Å². The van der Waals surface area contributed by atoms with Gasteiger partial charge in [-0.1, -0.05) is 6.08 Å². The maximum Gasteiger partial charge on any atom is 0.412 e. The van der Waals surface area contributed by atoms with Crippen LogP contribution >= 0.6 is 0 Å². The molecule has 0 fully saturated rings. The Kier molecular flexibility index (Phi) is 4.02. The van der Waals surface area contributed by atoms with Gasteiger partial charge in [-0.25, -0.2) is 13.4 Å². The van der Waals surface area contributed by atoms with E-state index in [1.807, 2.05) is 0 Å². The molecule has 112 valence electrons. The molecule has 2 heterocycles. The standard InChI is InChI=1S/C12H10F3N3O2S/c13-12(14,15)9-3-5-18(6-4-9)21(19,20)11-2-1-10(7-16)17-8-11/h1-3,8H,4-6H2. The zero-order chi connectivity index (χ0) is 15.7. The monoisotopic (exact) mass is 317 g/mol. The fourth-order valence-corrected chi connectivity index (χ4v) is 3.20. The molecule has 0 N–H and O–H groups in total. The first-order chi connectivity index (χ1) is 9.75. The Hall–Kier alpha value is -1.92. The lowest BCUT2D eigenvalue weighted by Gasteiger charge is -2.26. The van der Waals surface area contributed by atoms with Gasteiger partial charge in [-0.15, -0.1) is 0 Å². The highest BCUT2D eigenvalue weighted by atomic mass is 32.2. The van der Waals surface area contributed by atoms with Crippen LogP contribution in [0.2, 0.25) is 0 Å². The number of pyridine rings is 1. The summed E-state index contributed by atoms with van der Waals surface area (Å²) in [5, 5.41) is 8.60. The highest BCUT2D eigenvalue weighted by Gasteiger charge is 2.37. The van der Waals surface area contributed by atoms with Gasteiger partial charge in [-0.2, -0.15) is 22.7 Å². The highest BCUT2D eigenvalue weighted by molar-refractivity contribution is 7.89. The van der Waals surface area contributed by atoms with E-state index >= 15 is 0 Å². The summed E-state index contributed by atoms with van der Waals surface area (Å²) in [6.45, 7) is -0.579. The molecule has 0 bridgehead atoms. The van der Waals surface area contributed by atoms with Crippen LogP contribution < -0.4 is 0 Å². The van der Waals surface area contributed by atoms with Crippen molar-refractivity contribution in [2.45, 2.75) is 17.5 Å². The lowest BCUT2D eigenvalue weighted by atomic mass is 10.1. The fourth-order valence-electron chi connectivity index (χ4n) is 1.87. The summed E-state index contributed by atoms with van der Waals surface area (Å²) in [4.78, 5) is 3.50. The molecule has 9 heteroatoms. The first-order valence-electron chi connectivity index (χ1n) is 5.87. The first-order valence-corrected chi connectivity index (χ1v) is 7.31. The molecule has 0 amide bonds. The minimum atomic E-state index is -4.42. The van der Waals surface area contributed by atoms with Crippen LogP contribution in [-0.4, -0.2) is 37.0 Å². The second kappa shape index (κ2) is 5.46. The van der Waals surface area contributed by atoms with Crippen molar-refractivity contribution in [1.82, 2.24) is 9.29 Å². The maximum absolute atomic E-state index is 12.5. The van der Waals surface area contributed by atoms with Gasteiger partial charge in [0.05, 0.1) is 0 Å². The van der Waals surface area contributed by atoms with Crippen LogP contribution in [0.1, 0.15) is 12.1 Å². The Morgan fingerprint density at radius 1 is 1.33 bits per heavy atom. The average molecular weight is 317 g/mol. The number of hydrogen-bond donors (Lipinski definition) is 0. The number of alkyl halides is 3. The van der Waals surface area contributed by atoms with E-state index in [-0.39, 0.29) is 30.1 Å². The molecule has 0 unspecified atom stereocenters. The summed E-state index contributed by atoms with van der Waals surface area (Å²) in [7, 11) is -3.91. The number of nitriles is 1. The van der Waals surface area contributed by atoms with Gasteiger partial charge < -0.3 is 0 Å². The predicted molar refractivity (Wildman–Crippen MR) is 66.5 cm³/mol. The lowest BCUT2D eigenvalue weighted by molar-refractivity contribution is -0.0953. The molecule has 0 spiro atoms. The van der Waals surface area contributed by atoms with Gasteiger partial charge in [0.2, 0.25) is 10.0 Å². The predicted octanol–water partition coefficient (Wildman–Crippen LogP) is 1.84. The van der Waals surface area contributed by atoms with Gasteiger partial charge >= 0.3 is 6.18 Å². The van der Waals surface area contributed by atoms with Crippen LogP contribution in [0.3, 0.4) is 0 Å². The molecule has 0 saturated heterocycles. The van der Waals surface area contributed by atoms with Crippen molar-refractivity contribution in [1.29, 1.82) is 5.26 Å². The zero-order valence-electron chi connectivity index (χ0n) is 10.6. The molecule has 0 saturated carbocycles. The molecule has 21 heavy (non-hydrogen) atoms. The molecule has 2 rings (SSSR count). The number of aromatic nitrogens is 1. The summed E-state index contributed by atoms with van der Waals surface area (Å²) in [6.07, 6.45) is -2.91. The number of nitrogens with zero attached hydrogens (tertiary/aromatic N) is 3. The Morgan fingerprint density at radius 3 is 2.48 bits per heavy atom.